The first-order valence-electron chi connectivity index (χ1n) is 4.68. The molecule has 5 nitrogen and oxygen atoms in total. The van der Waals surface area contributed by atoms with Crippen LogP contribution in [-0.2, 0) is 10.0 Å². The molecule has 1 saturated carbocycles. The van der Waals surface area contributed by atoms with Gasteiger partial charge in [-0.15, -0.1) is 0 Å². The molecule has 0 atom stereocenters. The zero-order chi connectivity index (χ0) is 10.8. The summed E-state index contributed by atoms with van der Waals surface area (Å²) in [5.41, 5.74) is 5.16. The van der Waals surface area contributed by atoms with E-state index in [1.165, 1.54) is 4.31 Å². The summed E-state index contributed by atoms with van der Waals surface area (Å²) in [4.78, 5) is 0. The van der Waals surface area contributed by atoms with Crippen LogP contribution < -0.4 is 5.73 Å². The van der Waals surface area contributed by atoms with Gasteiger partial charge in [0.1, 0.15) is 0 Å². The maximum Gasteiger partial charge on any atom is 0.214 e. The number of amidine groups is 1. The number of rotatable bonds is 6. The Kier molecular flexibility index (Phi) is 3.49. The first-order chi connectivity index (χ1) is 6.42. The van der Waals surface area contributed by atoms with Crippen molar-refractivity contribution in [2.75, 3.05) is 19.3 Å². The normalized spacial score (nSPS) is 17.3. The van der Waals surface area contributed by atoms with E-state index < -0.39 is 10.0 Å². The zero-order valence-electron chi connectivity index (χ0n) is 8.36. The van der Waals surface area contributed by atoms with Gasteiger partial charge in [-0.2, -0.15) is 0 Å². The van der Waals surface area contributed by atoms with Gasteiger partial charge in [-0.25, -0.2) is 12.7 Å². The monoisotopic (exact) mass is 219 g/mol. The van der Waals surface area contributed by atoms with E-state index in [1.807, 2.05) is 0 Å². The summed E-state index contributed by atoms with van der Waals surface area (Å²) >= 11 is 0. The van der Waals surface area contributed by atoms with Crippen molar-refractivity contribution in [3.05, 3.63) is 0 Å². The molecule has 1 aliphatic rings. The Morgan fingerprint density at radius 1 is 1.57 bits per heavy atom. The molecule has 0 unspecified atom stereocenters. The lowest BCUT2D eigenvalue weighted by Crippen LogP contribution is -2.32. The van der Waals surface area contributed by atoms with Gasteiger partial charge in [-0.3, -0.25) is 5.41 Å². The van der Waals surface area contributed by atoms with Crippen LogP contribution >= 0.6 is 0 Å². The van der Waals surface area contributed by atoms with Gasteiger partial charge < -0.3 is 5.73 Å². The standard InChI is InChI=1S/C8H17N3O2S/c1-11(5-4-8(9)10)14(12,13)6-7-2-3-7/h7H,2-6H2,1H3,(H3,9,10). The Morgan fingerprint density at radius 2 is 2.14 bits per heavy atom. The molecule has 0 aliphatic heterocycles. The summed E-state index contributed by atoms with van der Waals surface area (Å²) < 4.78 is 24.5. The van der Waals surface area contributed by atoms with Gasteiger partial charge in [-0.1, -0.05) is 0 Å². The molecule has 0 spiro atoms. The van der Waals surface area contributed by atoms with Crippen molar-refractivity contribution >= 4 is 15.9 Å². The van der Waals surface area contributed by atoms with E-state index >= 15 is 0 Å². The molecule has 0 saturated heterocycles. The molecule has 0 aromatic heterocycles. The van der Waals surface area contributed by atoms with Gasteiger partial charge in [0.2, 0.25) is 10.0 Å². The summed E-state index contributed by atoms with van der Waals surface area (Å²) in [7, 11) is -1.57. The lowest BCUT2D eigenvalue weighted by Gasteiger charge is -2.16. The fourth-order valence-corrected chi connectivity index (χ4v) is 2.68. The van der Waals surface area contributed by atoms with Crippen LogP contribution in [0.15, 0.2) is 0 Å². The quantitative estimate of drug-likeness (QED) is 0.486. The molecule has 0 aromatic rings. The third-order valence-corrected chi connectivity index (χ3v) is 4.34. The highest BCUT2D eigenvalue weighted by Crippen LogP contribution is 2.30. The number of sulfonamides is 1. The second-order valence-corrected chi connectivity index (χ2v) is 5.94. The lowest BCUT2D eigenvalue weighted by atomic mass is 10.4. The van der Waals surface area contributed by atoms with E-state index in [4.69, 9.17) is 11.1 Å². The third kappa shape index (κ3) is 3.63. The van der Waals surface area contributed by atoms with E-state index in [0.717, 1.165) is 12.8 Å². The topological polar surface area (TPSA) is 87.2 Å². The second-order valence-electron chi connectivity index (χ2n) is 3.82. The maximum absolute atomic E-state index is 11.6. The molecule has 0 heterocycles. The minimum Gasteiger partial charge on any atom is -0.388 e. The molecular weight excluding hydrogens is 202 g/mol. The van der Waals surface area contributed by atoms with Crippen LogP contribution in [0.2, 0.25) is 0 Å². The smallest absolute Gasteiger partial charge is 0.214 e. The van der Waals surface area contributed by atoms with Gasteiger partial charge in [0, 0.05) is 20.0 Å². The minimum absolute atomic E-state index is 0.0264. The number of hydrogen-bond acceptors (Lipinski definition) is 3. The van der Waals surface area contributed by atoms with Crippen LogP contribution in [0.1, 0.15) is 19.3 Å². The minimum atomic E-state index is -3.11. The number of nitrogens with zero attached hydrogens (tertiary/aromatic N) is 1. The molecule has 6 heteroatoms. The van der Waals surface area contributed by atoms with Crippen molar-refractivity contribution in [2.45, 2.75) is 19.3 Å². The second kappa shape index (κ2) is 4.27. The highest BCUT2D eigenvalue weighted by molar-refractivity contribution is 7.89. The van der Waals surface area contributed by atoms with Gasteiger partial charge in [0.25, 0.3) is 0 Å². The van der Waals surface area contributed by atoms with Crippen LogP contribution in [-0.4, -0.2) is 37.9 Å². The van der Waals surface area contributed by atoms with E-state index in [2.05, 4.69) is 0 Å². The molecular formula is C8H17N3O2S. The largest absolute Gasteiger partial charge is 0.388 e. The van der Waals surface area contributed by atoms with Gasteiger partial charge >= 0.3 is 0 Å². The molecule has 1 aliphatic carbocycles. The lowest BCUT2D eigenvalue weighted by molar-refractivity contribution is 0.475. The zero-order valence-corrected chi connectivity index (χ0v) is 9.18. The van der Waals surface area contributed by atoms with Crippen LogP contribution in [0.25, 0.3) is 0 Å². The third-order valence-electron chi connectivity index (χ3n) is 2.31. The molecule has 0 radical (unpaired) electrons. The summed E-state index contributed by atoms with van der Waals surface area (Å²) in [6, 6.07) is 0. The van der Waals surface area contributed by atoms with Crippen molar-refractivity contribution in [1.29, 1.82) is 5.41 Å². The summed E-state index contributed by atoms with van der Waals surface area (Å²) in [5.74, 6) is 0.639. The highest BCUT2D eigenvalue weighted by Gasteiger charge is 2.30. The van der Waals surface area contributed by atoms with E-state index in [9.17, 15) is 8.42 Å². The molecule has 1 fully saturated rings. The maximum atomic E-state index is 11.6. The van der Waals surface area contributed by atoms with E-state index in [1.54, 1.807) is 7.05 Å². The summed E-state index contributed by atoms with van der Waals surface area (Å²) in [6.07, 6.45) is 2.36. The van der Waals surface area contributed by atoms with Gasteiger partial charge in [-0.05, 0) is 18.8 Å². The van der Waals surface area contributed by atoms with Crippen molar-refractivity contribution in [3.63, 3.8) is 0 Å². The Balaban J connectivity index is 2.40. The van der Waals surface area contributed by atoms with Crippen molar-refractivity contribution < 1.29 is 8.42 Å². The molecule has 0 amide bonds. The van der Waals surface area contributed by atoms with Crippen LogP contribution in [0.5, 0.6) is 0 Å². The SMILES string of the molecule is CN(CCC(=N)N)S(=O)(=O)CC1CC1. The fraction of sp³-hybridized carbons (Fsp3) is 0.875. The molecule has 1 rings (SSSR count). The van der Waals surface area contributed by atoms with E-state index in [0.29, 0.717) is 18.9 Å². The number of hydrogen-bond donors (Lipinski definition) is 2. The highest BCUT2D eigenvalue weighted by atomic mass is 32.2. The van der Waals surface area contributed by atoms with Gasteiger partial charge in [0.15, 0.2) is 0 Å². The number of nitrogens with one attached hydrogen (secondary N) is 1. The van der Waals surface area contributed by atoms with Crippen LogP contribution in [0, 0.1) is 11.3 Å². The fourth-order valence-electron chi connectivity index (χ4n) is 1.13. The Morgan fingerprint density at radius 3 is 2.57 bits per heavy atom. The predicted molar refractivity (Wildman–Crippen MR) is 55.7 cm³/mol. The Labute approximate surface area is 84.8 Å². The molecule has 0 bridgehead atoms. The van der Waals surface area contributed by atoms with Crippen LogP contribution in [0.3, 0.4) is 0 Å². The summed E-state index contributed by atoms with van der Waals surface area (Å²) in [6.45, 7) is 0.310. The average Bonchev–Trinajstić information content (AvgIpc) is 2.82. The van der Waals surface area contributed by atoms with Gasteiger partial charge in [0.05, 0.1) is 11.6 Å². The molecule has 82 valence electrons. The van der Waals surface area contributed by atoms with E-state index in [-0.39, 0.29) is 11.6 Å². The Bertz CT molecular complexity index is 309. The van der Waals surface area contributed by atoms with Crippen molar-refractivity contribution in [2.24, 2.45) is 11.7 Å². The predicted octanol–water partition coefficient (Wildman–Crippen LogP) is -0.0159. The Hall–Kier alpha value is -0.620. The van der Waals surface area contributed by atoms with Crippen molar-refractivity contribution in [3.8, 4) is 0 Å². The molecule has 3 N–H and O–H groups in total. The molecule has 14 heavy (non-hydrogen) atoms. The average molecular weight is 219 g/mol. The summed E-state index contributed by atoms with van der Waals surface area (Å²) in [5, 5.41) is 7.00. The number of nitrogens with two attached hydrogens (primary N) is 1. The molecule has 0 aromatic carbocycles. The van der Waals surface area contributed by atoms with Crippen LogP contribution in [0.4, 0.5) is 0 Å². The first kappa shape index (κ1) is 11.5. The van der Waals surface area contributed by atoms with Crippen molar-refractivity contribution in [1.82, 2.24) is 4.31 Å². The first-order valence-corrected chi connectivity index (χ1v) is 6.29.